The predicted octanol–water partition coefficient (Wildman–Crippen LogP) is 4.77. The van der Waals surface area contributed by atoms with Crippen LogP contribution < -0.4 is 15.3 Å². The lowest BCUT2D eigenvalue weighted by atomic mass is 10.0. The number of amides is 1. The van der Waals surface area contributed by atoms with Crippen LogP contribution in [0, 0.1) is 0 Å². The topological polar surface area (TPSA) is 164 Å². The van der Waals surface area contributed by atoms with Gasteiger partial charge in [-0.3, -0.25) is 4.79 Å². The molecule has 2 aromatic carbocycles. The normalized spacial score (nSPS) is 13.8. The number of piperidine rings is 1. The molecule has 1 saturated heterocycles. The van der Waals surface area contributed by atoms with Crippen LogP contribution in [-0.4, -0.2) is 73.7 Å². The highest BCUT2D eigenvalue weighted by atomic mass is 35.5. The van der Waals surface area contributed by atoms with Crippen LogP contribution in [0.1, 0.15) is 41.4 Å². The van der Waals surface area contributed by atoms with E-state index in [1.165, 1.54) is 19.3 Å². The lowest BCUT2D eigenvalue weighted by molar-refractivity contribution is -0.142. The number of rotatable bonds is 10. The standard InChI is InChI=1S/C33H31ClN6O7/c1-38(31(33(44)45)25-17-29(42)47-28-16-22(7-10-24(25)28)39-11-3-2-4-12-39)32(43)30-27(41)15-20(18-35-30)26-19-40(37-36-26)13-14-46-23-8-5-21(34)6-9-23/h5-10,15-19,31,41H,2-4,11-14H2,1H3,(H,44,45). The molecule has 1 aliphatic heterocycles. The molecule has 0 bridgehead atoms. The van der Waals surface area contributed by atoms with Crippen molar-refractivity contribution in [2.24, 2.45) is 0 Å². The first kappa shape index (κ1) is 31.5. The first-order valence-electron chi connectivity index (χ1n) is 15.0. The molecule has 47 heavy (non-hydrogen) atoms. The number of nitrogens with zero attached hydrogens (tertiary/aromatic N) is 6. The minimum atomic E-state index is -1.58. The van der Waals surface area contributed by atoms with E-state index in [1.54, 1.807) is 47.3 Å². The molecular weight excluding hydrogens is 628 g/mol. The van der Waals surface area contributed by atoms with Crippen molar-refractivity contribution >= 4 is 40.1 Å². The molecule has 0 spiro atoms. The Balaban J connectivity index is 1.20. The summed E-state index contributed by atoms with van der Waals surface area (Å²) in [5.41, 5.74) is 0.833. The van der Waals surface area contributed by atoms with Crippen molar-refractivity contribution in [1.82, 2.24) is 24.9 Å². The molecule has 13 nitrogen and oxygen atoms in total. The minimum absolute atomic E-state index is 0.0811. The Morgan fingerprint density at radius 3 is 2.57 bits per heavy atom. The van der Waals surface area contributed by atoms with Crippen molar-refractivity contribution < 1.29 is 29.0 Å². The van der Waals surface area contributed by atoms with Crippen molar-refractivity contribution in [2.45, 2.75) is 31.8 Å². The number of pyridine rings is 1. The molecule has 1 unspecified atom stereocenters. The van der Waals surface area contributed by atoms with Crippen molar-refractivity contribution in [1.29, 1.82) is 0 Å². The lowest BCUT2D eigenvalue weighted by Gasteiger charge is -2.29. The second-order valence-corrected chi connectivity index (χ2v) is 11.6. The van der Waals surface area contributed by atoms with Gasteiger partial charge in [-0.25, -0.2) is 19.3 Å². The summed E-state index contributed by atoms with van der Waals surface area (Å²) in [6, 6.07) is 13.0. The third kappa shape index (κ3) is 6.89. The number of aromatic nitrogens is 4. The molecule has 0 radical (unpaired) electrons. The number of ether oxygens (including phenoxy) is 1. The Kier molecular flexibility index (Phi) is 9.07. The molecule has 0 saturated carbocycles. The van der Waals surface area contributed by atoms with E-state index in [9.17, 15) is 24.6 Å². The second-order valence-electron chi connectivity index (χ2n) is 11.2. The fourth-order valence-electron chi connectivity index (χ4n) is 5.63. The second kappa shape index (κ2) is 13.5. The van der Waals surface area contributed by atoms with Gasteiger partial charge in [0.25, 0.3) is 5.91 Å². The number of hydrogen-bond donors (Lipinski definition) is 2. The van der Waals surface area contributed by atoms with Gasteiger partial charge >= 0.3 is 11.6 Å². The van der Waals surface area contributed by atoms with E-state index in [1.807, 2.05) is 6.07 Å². The molecule has 3 aromatic heterocycles. The van der Waals surface area contributed by atoms with E-state index >= 15 is 0 Å². The monoisotopic (exact) mass is 658 g/mol. The van der Waals surface area contributed by atoms with Crippen LogP contribution >= 0.6 is 11.6 Å². The fourth-order valence-corrected chi connectivity index (χ4v) is 5.75. The smallest absolute Gasteiger partial charge is 0.336 e. The number of carbonyl (C=O) groups is 2. The average molecular weight is 659 g/mol. The van der Waals surface area contributed by atoms with E-state index in [-0.39, 0.29) is 16.8 Å². The lowest BCUT2D eigenvalue weighted by Crippen LogP contribution is -2.37. The Morgan fingerprint density at radius 1 is 1.09 bits per heavy atom. The number of aromatic hydroxyl groups is 1. The largest absolute Gasteiger partial charge is 0.505 e. The fraction of sp³-hybridized carbons (Fsp3) is 0.273. The van der Waals surface area contributed by atoms with Gasteiger partial charge in [0.2, 0.25) is 0 Å². The van der Waals surface area contributed by atoms with Gasteiger partial charge in [0.15, 0.2) is 11.7 Å². The van der Waals surface area contributed by atoms with E-state index < -0.39 is 29.3 Å². The number of carboxylic acids is 1. The highest BCUT2D eigenvalue weighted by Crippen LogP contribution is 2.32. The molecule has 1 fully saturated rings. The molecule has 5 aromatic rings. The number of hydrogen-bond acceptors (Lipinski definition) is 10. The van der Waals surface area contributed by atoms with E-state index in [4.69, 9.17) is 20.8 Å². The highest BCUT2D eigenvalue weighted by molar-refractivity contribution is 6.30. The predicted molar refractivity (Wildman–Crippen MR) is 173 cm³/mol. The van der Waals surface area contributed by atoms with Gasteiger partial charge in [-0.15, -0.1) is 5.10 Å². The molecule has 0 aliphatic carbocycles. The van der Waals surface area contributed by atoms with Gasteiger partial charge in [-0.05, 0) is 61.7 Å². The Morgan fingerprint density at radius 2 is 1.85 bits per heavy atom. The number of aliphatic carboxylic acids is 1. The maximum atomic E-state index is 13.6. The maximum absolute atomic E-state index is 13.6. The number of carbonyl (C=O) groups excluding carboxylic acids is 1. The third-order valence-corrected chi connectivity index (χ3v) is 8.28. The van der Waals surface area contributed by atoms with Gasteiger partial charge < -0.3 is 29.2 Å². The van der Waals surface area contributed by atoms with Crippen LogP contribution in [0.15, 0.2) is 76.2 Å². The van der Waals surface area contributed by atoms with E-state index in [0.717, 1.165) is 49.0 Å². The summed E-state index contributed by atoms with van der Waals surface area (Å²) >= 11 is 5.90. The first-order valence-corrected chi connectivity index (χ1v) is 15.4. The number of fused-ring (bicyclic) bond motifs is 1. The summed E-state index contributed by atoms with van der Waals surface area (Å²) in [6.07, 6.45) is 6.24. The minimum Gasteiger partial charge on any atom is -0.505 e. The molecule has 6 rings (SSSR count). The Labute approximate surface area is 273 Å². The van der Waals surface area contributed by atoms with Gasteiger partial charge in [-0.1, -0.05) is 16.8 Å². The molecule has 14 heteroatoms. The van der Waals surface area contributed by atoms with E-state index in [0.29, 0.717) is 40.6 Å². The number of carboxylic acid groups (broad SMARTS) is 1. The summed E-state index contributed by atoms with van der Waals surface area (Å²) in [6.45, 7) is 2.45. The number of anilines is 1. The van der Waals surface area contributed by atoms with Gasteiger partial charge in [-0.2, -0.15) is 0 Å². The van der Waals surface area contributed by atoms with Crippen LogP contribution in [0.5, 0.6) is 11.5 Å². The third-order valence-electron chi connectivity index (χ3n) is 8.02. The van der Waals surface area contributed by atoms with Crippen molar-refractivity contribution in [3.05, 3.63) is 93.7 Å². The van der Waals surface area contributed by atoms with Crippen molar-refractivity contribution in [3.8, 4) is 22.8 Å². The summed E-state index contributed by atoms with van der Waals surface area (Å²) in [5.74, 6) is -2.06. The van der Waals surface area contributed by atoms with Crippen LogP contribution in [0.3, 0.4) is 0 Å². The van der Waals surface area contributed by atoms with Crippen molar-refractivity contribution in [3.63, 3.8) is 0 Å². The molecule has 1 aliphatic rings. The highest BCUT2D eigenvalue weighted by Gasteiger charge is 2.33. The molecule has 4 heterocycles. The first-order chi connectivity index (χ1) is 22.7. The number of halogens is 1. The number of likely N-dealkylation sites (N-methyl/N-ethyl adjacent to an activating group) is 1. The molecular formula is C33H31ClN6O7. The van der Waals surface area contributed by atoms with Crippen LogP contribution in [-0.2, 0) is 11.3 Å². The van der Waals surface area contributed by atoms with Gasteiger partial charge in [0, 0.05) is 65.7 Å². The zero-order chi connectivity index (χ0) is 33.1. The number of benzene rings is 2. The summed E-state index contributed by atoms with van der Waals surface area (Å²) < 4.78 is 12.7. The summed E-state index contributed by atoms with van der Waals surface area (Å²) in [7, 11) is 1.27. The summed E-state index contributed by atoms with van der Waals surface area (Å²) in [5, 5.41) is 30.2. The zero-order valence-corrected chi connectivity index (χ0v) is 26.1. The van der Waals surface area contributed by atoms with Crippen LogP contribution in [0.2, 0.25) is 5.02 Å². The molecule has 1 amide bonds. The van der Waals surface area contributed by atoms with Crippen LogP contribution in [0.25, 0.3) is 22.2 Å². The zero-order valence-electron chi connectivity index (χ0n) is 25.4. The molecule has 1 atom stereocenters. The van der Waals surface area contributed by atoms with E-state index in [2.05, 4.69) is 20.2 Å². The molecule has 2 N–H and O–H groups in total. The van der Waals surface area contributed by atoms with Crippen molar-refractivity contribution in [2.75, 3.05) is 31.6 Å². The quantitative estimate of drug-likeness (QED) is 0.199. The molecule has 242 valence electrons. The summed E-state index contributed by atoms with van der Waals surface area (Å²) in [4.78, 5) is 46.0. The average Bonchev–Trinajstić information content (AvgIpc) is 3.54. The van der Waals surface area contributed by atoms with Gasteiger partial charge in [0.1, 0.15) is 29.4 Å². The van der Waals surface area contributed by atoms with Crippen LogP contribution in [0.4, 0.5) is 5.69 Å². The Hall–Kier alpha value is -5.43. The maximum Gasteiger partial charge on any atom is 0.336 e. The Bertz CT molecular complexity index is 1990. The SMILES string of the molecule is CN(C(=O)c1ncc(-c2cn(CCOc3ccc(Cl)cc3)nn2)cc1O)C(C(=O)O)c1cc(=O)oc2cc(N3CCCCC3)ccc12. The van der Waals surface area contributed by atoms with Gasteiger partial charge in [0.05, 0.1) is 12.7 Å².